The number of nitrogens with one attached hydrogen (secondary N) is 2. The van der Waals surface area contributed by atoms with Crippen LogP contribution in [0.5, 0.6) is 0 Å². The summed E-state index contributed by atoms with van der Waals surface area (Å²) in [6, 6.07) is -1.16. The molecule has 0 aliphatic carbocycles. The fraction of sp³-hybridized carbons (Fsp3) is 0.750. The molecule has 10 heteroatoms. The lowest BCUT2D eigenvalue weighted by Gasteiger charge is -2.26. The minimum atomic E-state index is -0.713. The molecule has 2 N–H and O–H groups in total. The summed E-state index contributed by atoms with van der Waals surface area (Å²) in [5, 5.41) is 5.74. The molecule has 34 heavy (non-hydrogen) atoms. The van der Waals surface area contributed by atoms with Crippen molar-refractivity contribution in [1.82, 2.24) is 20.4 Å². The van der Waals surface area contributed by atoms with Crippen molar-refractivity contribution in [1.29, 1.82) is 0 Å². The molecule has 0 saturated heterocycles. The lowest BCUT2D eigenvalue weighted by molar-refractivity contribution is -0.141. The lowest BCUT2D eigenvalue weighted by atomic mass is 10.1. The average molecular weight is 485 g/mol. The predicted octanol–water partition coefficient (Wildman–Crippen LogP) is 2.78. The lowest BCUT2D eigenvalue weighted by Crippen LogP contribution is -2.48. The van der Waals surface area contributed by atoms with Gasteiger partial charge in [-0.2, -0.15) is 0 Å². The van der Waals surface area contributed by atoms with E-state index < -0.39 is 11.9 Å². The zero-order valence-corrected chi connectivity index (χ0v) is 22.1. The molecule has 2 atom stereocenters. The molecule has 196 valence electrons. The zero-order valence-electron chi connectivity index (χ0n) is 22.1. The van der Waals surface area contributed by atoms with Crippen LogP contribution in [-0.4, -0.2) is 85.3 Å². The Hall–Kier alpha value is -2.78. The van der Waals surface area contributed by atoms with E-state index in [0.29, 0.717) is 26.2 Å². The first kappa shape index (κ1) is 31.2. The molecule has 0 aromatic heterocycles. The van der Waals surface area contributed by atoms with Gasteiger partial charge in [-0.05, 0) is 39.5 Å². The van der Waals surface area contributed by atoms with Gasteiger partial charge in [-0.15, -0.1) is 0 Å². The van der Waals surface area contributed by atoms with Gasteiger partial charge in [0.2, 0.25) is 0 Å². The third kappa shape index (κ3) is 11.9. The van der Waals surface area contributed by atoms with Gasteiger partial charge in [0.15, 0.2) is 0 Å². The maximum absolute atomic E-state index is 12.3. The molecule has 0 aliphatic rings. The first-order valence-electron chi connectivity index (χ1n) is 12.1. The van der Waals surface area contributed by atoms with Gasteiger partial charge in [0.25, 0.3) is 0 Å². The largest absolute Gasteiger partial charge is 0.460 e. The maximum Gasteiger partial charge on any atom is 0.331 e. The van der Waals surface area contributed by atoms with Crippen LogP contribution in [0.4, 0.5) is 9.59 Å². The van der Waals surface area contributed by atoms with Crippen LogP contribution >= 0.6 is 0 Å². The number of ether oxygens (including phenoxy) is 2. The summed E-state index contributed by atoms with van der Waals surface area (Å²) in [6.07, 6.45) is 1.98. The molecule has 0 radical (unpaired) electrons. The Morgan fingerprint density at radius 2 is 0.941 bits per heavy atom. The molecule has 0 saturated carbocycles. The Balaban J connectivity index is 4.70. The van der Waals surface area contributed by atoms with Gasteiger partial charge in [0.05, 0.1) is 12.1 Å². The molecule has 0 fully saturated rings. The minimum absolute atomic E-state index is 0.0181. The molecule has 0 heterocycles. The molecule has 0 aromatic carbocycles. The van der Waals surface area contributed by atoms with Crippen molar-refractivity contribution in [3.05, 3.63) is 12.2 Å². The van der Waals surface area contributed by atoms with Crippen LogP contribution in [0.1, 0.15) is 55.4 Å². The van der Waals surface area contributed by atoms with E-state index in [9.17, 15) is 19.2 Å². The van der Waals surface area contributed by atoms with Crippen molar-refractivity contribution in [3.63, 3.8) is 0 Å². The Kier molecular flexibility index (Phi) is 15.4. The third-order valence-corrected chi connectivity index (χ3v) is 5.49. The topological polar surface area (TPSA) is 117 Å². The summed E-state index contributed by atoms with van der Waals surface area (Å²) in [5.41, 5.74) is 0. The van der Waals surface area contributed by atoms with E-state index in [1.54, 1.807) is 9.80 Å². The average Bonchev–Trinajstić information content (AvgIpc) is 2.78. The molecule has 10 nitrogen and oxygen atoms in total. The van der Waals surface area contributed by atoms with Crippen LogP contribution in [0.2, 0.25) is 0 Å². The number of amides is 4. The van der Waals surface area contributed by atoms with E-state index in [4.69, 9.17) is 9.47 Å². The second-order valence-corrected chi connectivity index (χ2v) is 8.54. The van der Waals surface area contributed by atoms with E-state index >= 15 is 0 Å². The van der Waals surface area contributed by atoms with Gasteiger partial charge in [0.1, 0.15) is 13.2 Å². The highest BCUT2D eigenvalue weighted by atomic mass is 16.5. The maximum atomic E-state index is 12.3. The molecule has 0 spiro atoms. The van der Waals surface area contributed by atoms with Crippen molar-refractivity contribution in [2.24, 2.45) is 11.8 Å². The van der Waals surface area contributed by atoms with E-state index in [1.165, 1.54) is 0 Å². The quantitative estimate of drug-likeness (QED) is 0.289. The van der Waals surface area contributed by atoms with Crippen LogP contribution in [0.3, 0.4) is 0 Å². The normalized spacial score (nSPS) is 12.9. The minimum Gasteiger partial charge on any atom is -0.460 e. The van der Waals surface area contributed by atoms with E-state index in [-0.39, 0.29) is 49.2 Å². The van der Waals surface area contributed by atoms with Gasteiger partial charge >= 0.3 is 24.0 Å². The van der Waals surface area contributed by atoms with Crippen LogP contribution in [0.25, 0.3) is 0 Å². The SMILES string of the molecule is CCN(CC)C(=O)N[C@H](COC(=O)/C=C/C(=O)OC[C@@H](NC(=O)N(CC)CC)C(C)C)C(C)C. The first-order valence-corrected chi connectivity index (χ1v) is 12.1. The van der Waals surface area contributed by atoms with Gasteiger partial charge in [-0.1, -0.05) is 27.7 Å². The monoisotopic (exact) mass is 484 g/mol. The van der Waals surface area contributed by atoms with Gasteiger partial charge < -0.3 is 29.9 Å². The zero-order chi connectivity index (χ0) is 26.3. The van der Waals surface area contributed by atoms with E-state index in [1.807, 2.05) is 55.4 Å². The molecule has 0 rings (SSSR count). The Bertz CT molecular complexity index is 616. The molecular weight excluding hydrogens is 440 g/mol. The van der Waals surface area contributed by atoms with Crippen molar-refractivity contribution < 1.29 is 28.7 Å². The van der Waals surface area contributed by atoms with E-state index in [0.717, 1.165) is 12.2 Å². The van der Waals surface area contributed by atoms with E-state index in [2.05, 4.69) is 10.6 Å². The van der Waals surface area contributed by atoms with Gasteiger partial charge in [0, 0.05) is 38.3 Å². The highest BCUT2D eigenvalue weighted by molar-refractivity contribution is 5.91. The van der Waals surface area contributed by atoms with Crippen LogP contribution in [0, 0.1) is 11.8 Å². The number of carbonyl (C=O) groups excluding carboxylic acids is 4. The summed E-state index contributed by atoms with van der Waals surface area (Å²) < 4.78 is 10.4. The summed E-state index contributed by atoms with van der Waals surface area (Å²) in [5.74, 6) is -1.34. The number of rotatable bonds is 14. The second kappa shape index (κ2) is 16.8. The molecule has 0 aliphatic heterocycles. The fourth-order valence-corrected chi connectivity index (χ4v) is 2.90. The Morgan fingerprint density at radius 1 is 0.647 bits per heavy atom. The molecule has 0 aromatic rings. The molecule has 0 bridgehead atoms. The molecule has 4 amide bonds. The van der Waals surface area contributed by atoms with Crippen molar-refractivity contribution >= 4 is 24.0 Å². The third-order valence-electron chi connectivity index (χ3n) is 5.49. The standard InChI is InChI=1S/C24H44N4O6/c1-9-27(10-2)23(31)25-19(17(5)6)15-33-21(29)13-14-22(30)34-16-20(18(7)8)26-24(32)28(11-3)12-4/h13-14,17-20H,9-12,15-16H2,1-8H3,(H,25,31)(H,26,32)/b14-13+/t19-,20-/m1/s1. The number of hydrogen-bond acceptors (Lipinski definition) is 6. The summed E-state index contributed by atoms with van der Waals surface area (Å²) >= 11 is 0. The molecule has 0 unspecified atom stereocenters. The summed E-state index contributed by atoms with van der Waals surface area (Å²) in [7, 11) is 0. The highest BCUT2D eigenvalue weighted by Crippen LogP contribution is 2.06. The van der Waals surface area contributed by atoms with Gasteiger partial charge in [-0.25, -0.2) is 19.2 Å². The number of urea groups is 2. The van der Waals surface area contributed by atoms with Crippen LogP contribution < -0.4 is 10.6 Å². The summed E-state index contributed by atoms with van der Waals surface area (Å²) in [6.45, 7) is 17.5. The smallest absolute Gasteiger partial charge is 0.331 e. The summed E-state index contributed by atoms with van der Waals surface area (Å²) in [4.78, 5) is 51.9. The van der Waals surface area contributed by atoms with Gasteiger partial charge in [-0.3, -0.25) is 0 Å². The fourth-order valence-electron chi connectivity index (χ4n) is 2.90. The first-order chi connectivity index (χ1) is 16.0. The van der Waals surface area contributed by atoms with Crippen molar-refractivity contribution in [2.45, 2.75) is 67.5 Å². The second-order valence-electron chi connectivity index (χ2n) is 8.54. The highest BCUT2D eigenvalue weighted by Gasteiger charge is 2.21. The van der Waals surface area contributed by atoms with Crippen molar-refractivity contribution in [2.75, 3.05) is 39.4 Å². The van der Waals surface area contributed by atoms with Crippen LogP contribution in [-0.2, 0) is 19.1 Å². The molecular formula is C24H44N4O6. The Labute approximate surface area is 204 Å². The predicted molar refractivity (Wildman–Crippen MR) is 131 cm³/mol. The number of esters is 2. The number of hydrogen-bond donors (Lipinski definition) is 2. The number of carbonyl (C=O) groups is 4. The number of nitrogens with zero attached hydrogens (tertiary/aromatic N) is 2. The van der Waals surface area contributed by atoms with Crippen molar-refractivity contribution in [3.8, 4) is 0 Å². The Morgan fingerprint density at radius 3 is 1.18 bits per heavy atom. The van der Waals surface area contributed by atoms with Crippen LogP contribution in [0.15, 0.2) is 12.2 Å².